The number of rotatable bonds is 12. The highest BCUT2D eigenvalue weighted by Crippen LogP contribution is 2.65. The van der Waals surface area contributed by atoms with E-state index >= 15 is 18.3 Å². The normalized spacial score (nSPS) is 14.7. The molecule has 390 valence electrons. The van der Waals surface area contributed by atoms with Gasteiger partial charge in [0, 0.05) is 58.3 Å². The molecular formula is C73H54O4P4. The molecule has 0 N–H and O–H groups in total. The van der Waals surface area contributed by atoms with Crippen LogP contribution in [0, 0.1) is 0 Å². The Kier molecular flexibility index (Phi) is 12.7. The maximum atomic E-state index is 16.8. The van der Waals surface area contributed by atoms with Crippen molar-refractivity contribution >= 4 is 86.9 Å². The minimum atomic E-state index is -3.60. The van der Waals surface area contributed by atoms with Crippen LogP contribution in [0.2, 0.25) is 0 Å². The third-order valence-electron chi connectivity index (χ3n) is 16.9. The molecule has 0 amide bonds. The maximum absolute atomic E-state index is 16.8. The fourth-order valence-electron chi connectivity index (χ4n) is 13.1. The van der Waals surface area contributed by atoms with E-state index in [-0.39, 0.29) is 0 Å². The van der Waals surface area contributed by atoms with Crippen LogP contribution in [0.4, 0.5) is 0 Å². The van der Waals surface area contributed by atoms with Crippen LogP contribution < -0.4 is 58.3 Å². The molecule has 11 aromatic rings. The first-order valence-corrected chi connectivity index (χ1v) is 34.3. The van der Waals surface area contributed by atoms with Gasteiger partial charge in [0.2, 0.25) is 0 Å². The molecular weight excluding hydrogens is 1060 g/mol. The molecule has 0 saturated heterocycles. The zero-order valence-electron chi connectivity index (χ0n) is 44.2. The molecule has 0 saturated carbocycles. The molecule has 0 aromatic heterocycles. The Morgan fingerprint density at radius 2 is 0.494 bits per heavy atom. The molecule has 3 aliphatic carbocycles. The highest BCUT2D eigenvalue weighted by atomic mass is 31.2. The summed E-state index contributed by atoms with van der Waals surface area (Å²) in [6.07, 6.45) is 7.61. The molecule has 0 fully saturated rings. The average Bonchev–Trinajstić information content (AvgIpc) is 4.24. The second-order valence-electron chi connectivity index (χ2n) is 21.1. The van der Waals surface area contributed by atoms with Crippen molar-refractivity contribution in [3.63, 3.8) is 0 Å². The van der Waals surface area contributed by atoms with Crippen molar-refractivity contribution in [3.8, 4) is 22.3 Å². The Morgan fingerprint density at radius 1 is 0.259 bits per heavy atom. The lowest BCUT2D eigenvalue weighted by Gasteiger charge is -2.33. The summed E-state index contributed by atoms with van der Waals surface area (Å²) < 4.78 is 67.2. The molecule has 4 nitrogen and oxygen atoms in total. The van der Waals surface area contributed by atoms with Crippen molar-refractivity contribution in [2.75, 3.05) is 0 Å². The van der Waals surface area contributed by atoms with Crippen molar-refractivity contribution < 1.29 is 18.3 Å². The summed E-state index contributed by atoms with van der Waals surface area (Å²) in [5, 5.41) is 8.52. The van der Waals surface area contributed by atoms with Gasteiger partial charge in [-0.05, 0) is 86.9 Å². The molecule has 0 aliphatic heterocycles. The molecule has 1 atom stereocenters. The highest BCUT2D eigenvalue weighted by molar-refractivity contribution is 7.86. The Balaban J connectivity index is 1.14. The van der Waals surface area contributed by atoms with E-state index in [9.17, 15) is 0 Å². The molecule has 14 rings (SSSR count). The van der Waals surface area contributed by atoms with E-state index in [0.717, 1.165) is 61.5 Å². The fourth-order valence-corrected chi connectivity index (χ4v) is 24.0. The van der Waals surface area contributed by atoms with E-state index in [1.807, 2.05) is 243 Å². The SMILES string of the molecule is O=P(C1=CC=CCC1)(c1ccccc1)c1ccc2c(c1)C1(c3cc(P(=O)(c4ccccc4)c4ccccc4)ccc3-2)c2cc(P(=O)(c3ccccc3)c3ccccc3)ccc2-c2ccc(P(=O)(c3ccccc3)c3ccccc3)cc21. The number of hydrogen-bond donors (Lipinski definition) is 0. The minimum absolute atomic E-state index is 0.643. The number of benzene rings is 11. The highest BCUT2D eigenvalue weighted by Gasteiger charge is 2.54. The molecule has 11 aromatic carbocycles. The first kappa shape index (κ1) is 51.0. The van der Waals surface area contributed by atoms with Crippen LogP contribution >= 0.6 is 28.6 Å². The van der Waals surface area contributed by atoms with Crippen LogP contribution in [-0.2, 0) is 23.7 Å². The minimum Gasteiger partial charge on any atom is -0.309 e. The number of hydrogen-bond acceptors (Lipinski definition) is 4. The van der Waals surface area contributed by atoms with E-state index in [4.69, 9.17) is 0 Å². The average molecular weight is 1120 g/mol. The fraction of sp³-hybridized carbons (Fsp3) is 0.0411. The van der Waals surface area contributed by atoms with Gasteiger partial charge in [-0.15, -0.1) is 0 Å². The van der Waals surface area contributed by atoms with Crippen molar-refractivity contribution in [1.29, 1.82) is 0 Å². The van der Waals surface area contributed by atoms with Crippen LogP contribution in [0.15, 0.2) is 309 Å². The lowest BCUT2D eigenvalue weighted by atomic mass is 9.70. The van der Waals surface area contributed by atoms with Crippen molar-refractivity contribution in [2.45, 2.75) is 18.3 Å². The van der Waals surface area contributed by atoms with Gasteiger partial charge in [0.05, 0.1) is 5.41 Å². The Labute approximate surface area is 473 Å². The Morgan fingerprint density at radius 3 is 0.728 bits per heavy atom. The smallest absolute Gasteiger partial charge is 0.171 e. The van der Waals surface area contributed by atoms with Gasteiger partial charge in [-0.25, -0.2) is 0 Å². The predicted octanol–water partition coefficient (Wildman–Crippen LogP) is 13.5. The van der Waals surface area contributed by atoms with E-state index in [2.05, 4.69) is 60.7 Å². The van der Waals surface area contributed by atoms with Gasteiger partial charge in [-0.2, -0.15) is 0 Å². The standard InChI is InChI=1S/C73H54O4P4/c74-78(53-25-9-1-10-26-53,54-27-11-2-12-28-54)61-41-45-65-66-46-42-62(79(75,55-29-13-3-14-30-55)56-31-15-4-16-32-56)50-70(66)73(69(65)49-61)71-51-63(80(76,57-33-17-5-18-34-57)58-35-19-6-20-36-58)43-47-67(71)68-48-44-64(52-72(68)73)81(77,59-37-21-7-22-38-59)60-39-23-8-24-40-60/h1-23,25-39,41-52H,24,40H2. The van der Waals surface area contributed by atoms with Crippen molar-refractivity contribution in [3.05, 3.63) is 331 Å². The molecule has 8 heteroatoms. The second kappa shape index (κ2) is 20.1. The zero-order chi connectivity index (χ0) is 54.8. The molecule has 1 unspecified atom stereocenters. The number of allylic oxidation sites excluding steroid dienone is 4. The van der Waals surface area contributed by atoms with Gasteiger partial charge in [0.25, 0.3) is 0 Å². The third-order valence-corrected chi connectivity index (χ3v) is 29.3. The molecule has 3 aliphatic rings. The summed E-state index contributed by atoms with van der Waals surface area (Å²) in [7, 11) is -14.3. The van der Waals surface area contributed by atoms with Gasteiger partial charge < -0.3 is 18.3 Å². The van der Waals surface area contributed by atoms with Crippen LogP contribution in [0.1, 0.15) is 35.1 Å². The quantitative estimate of drug-likeness (QED) is 0.114. The van der Waals surface area contributed by atoms with Crippen LogP contribution in [0.25, 0.3) is 22.3 Å². The summed E-state index contributed by atoms with van der Waals surface area (Å²) >= 11 is 0. The summed E-state index contributed by atoms with van der Waals surface area (Å²) in [6.45, 7) is 0. The Bertz CT molecular complexity index is 4080. The van der Waals surface area contributed by atoms with Gasteiger partial charge in [0.1, 0.15) is 0 Å². The van der Waals surface area contributed by atoms with E-state index in [1.165, 1.54) is 0 Å². The number of fused-ring (bicyclic) bond motifs is 10. The van der Waals surface area contributed by atoms with E-state index in [0.29, 0.717) is 59.5 Å². The summed E-state index contributed by atoms with van der Waals surface area (Å²) in [5.41, 5.74) is 6.01. The summed E-state index contributed by atoms with van der Waals surface area (Å²) in [6, 6.07) is 93.8. The topological polar surface area (TPSA) is 68.3 Å². The van der Waals surface area contributed by atoms with Gasteiger partial charge in [0.15, 0.2) is 28.6 Å². The van der Waals surface area contributed by atoms with Gasteiger partial charge >= 0.3 is 0 Å². The molecule has 0 heterocycles. The van der Waals surface area contributed by atoms with Crippen LogP contribution in [-0.4, -0.2) is 0 Å². The molecule has 0 bridgehead atoms. The van der Waals surface area contributed by atoms with Crippen molar-refractivity contribution in [1.82, 2.24) is 0 Å². The largest absolute Gasteiger partial charge is 0.309 e. The van der Waals surface area contributed by atoms with Crippen LogP contribution in [0.5, 0.6) is 0 Å². The lowest BCUT2D eigenvalue weighted by Crippen LogP contribution is -2.33. The molecule has 1 spiro atoms. The van der Waals surface area contributed by atoms with E-state index < -0.39 is 34.0 Å². The summed E-state index contributed by atoms with van der Waals surface area (Å²) in [4.78, 5) is 0. The first-order chi connectivity index (χ1) is 39.7. The maximum Gasteiger partial charge on any atom is 0.171 e. The monoisotopic (exact) mass is 1120 g/mol. The third kappa shape index (κ3) is 7.80. The summed E-state index contributed by atoms with van der Waals surface area (Å²) in [5.74, 6) is 0. The van der Waals surface area contributed by atoms with Gasteiger partial charge in [-0.3, -0.25) is 0 Å². The lowest BCUT2D eigenvalue weighted by molar-refractivity contribution is 0.589. The van der Waals surface area contributed by atoms with Gasteiger partial charge in [-0.1, -0.05) is 279 Å². The van der Waals surface area contributed by atoms with E-state index in [1.54, 1.807) is 0 Å². The van der Waals surface area contributed by atoms with Crippen LogP contribution in [0.3, 0.4) is 0 Å². The molecule has 0 radical (unpaired) electrons. The Hall–Kier alpha value is -8.18. The molecule has 81 heavy (non-hydrogen) atoms. The second-order valence-corrected chi connectivity index (χ2v) is 32.2. The van der Waals surface area contributed by atoms with Crippen molar-refractivity contribution in [2.24, 2.45) is 0 Å². The first-order valence-electron chi connectivity index (χ1n) is 27.5. The predicted molar refractivity (Wildman–Crippen MR) is 341 cm³/mol. The zero-order valence-corrected chi connectivity index (χ0v) is 47.8.